The fraction of sp³-hybridized carbons (Fsp3) is 0.273. The average Bonchev–Trinajstić information content (AvgIpc) is 3.34. The SMILES string of the molecule is COc1cc(/C=N\NC(=O)C(=O)Nc2ccccc2F)ccc1OCC(=O)N1CCCC1. The van der Waals surface area contributed by atoms with Gasteiger partial charge < -0.3 is 19.7 Å². The maximum Gasteiger partial charge on any atom is 0.329 e. The van der Waals surface area contributed by atoms with Crippen molar-refractivity contribution in [3.8, 4) is 11.5 Å². The monoisotopic (exact) mass is 442 g/mol. The number of hydrazone groups is 1. The number of benzene rings is 2. The van der Waals surface area contributed by atoms with Crippen LogP contribution in [0.1, 0.15) is 18.4 Å². The fourth-order valence-electron chi connectivity index (χ4n) is 3.04. The van der Waals surface area contributed by atoms with E-state index in [1.165, 1.54) is 31.5 Å². The first-order chi connectivity index (χ1) is 15.5. The molecule has 168 valence electrons. The number of hydrogen-bond donors (Lipinski definition) is 2. The molecule has 2 aromatic carbocycles. The third-order valence-corrected chi connectivity index (χ3v) is 4.71. The molecule has 32 heavy (non-hydrogen) atoms. The molecule has 3 amide bonds. The smallest absolute Gasteiger partial charge is 0.329 e. The molecule has 1 saturated heterocycles. The molecule has 1 heterocycles. The molecule has 9 nitrogen and oxygen atoms in total. The summed E-state index contributed by atoms with van der Waals surface area (Å²) in [6, 6.07) is 10.3. The van der Waals surface area contributed by atoms with Crippen LogP contribution in [0.3, 0.4) is 0 Å². The highest BCUT2D eigenvalue weighted by atomic mass is 19.1. The average molecular weight is 442 g/mol. The van der Waals surface area contributed by atoms with Crippen molar-refractivity contribution in [2.24, 2.45) is 5.10 Å². The minimum absolute atomic E-state index is 0.0773. The van der Waals surface area contributed by atoms with Gasteiger partial charge in [0.25, 0.3) is 5.91 Å². The van der Waals surface area contributed by atoms with Gasteiger partial charge in [0, 0.05) is 13.1 Å². The van der Waals surface area contributed by atoms with Crippen LogP contribution >= 0.6 is 0 Å². The molecule has 0 unspecified atom stereocenters. The molecule has 0 saturated carbocycles. The molecule has 0 aromatic heterocycles. The largest absolute Gasteiger partial charge is 0.493 e. The highest BCUT2D eigenvalue weighted by molar-refractivity contribution is 6.39. The maximum atomic E-state index is 13.5. The first-order valence-electron chi connectivity index (χ1n) is 9.95. The number of likely N-dealkylation sites (tertiary alicyclic amines) is 1. The number of ether oxygens (including phenoxy) is 2. The van der Waals surface area contributed by atoms with Crippen molar-refractivity contribution < 1.29 is 28.2 Å². The van der Waals surface area contributed by atoms with Crippen molar-refractivity contribution in [3.05, 3.63) is 53.8 Å². The van der Waals surface area contributed by atoms with Crippen LogP contribution in [0.4, 0.5) is 10.1 Å². The number of hydrogen-bond acceptors (Lipinski definition) is 6. The van der Waals surface area contributed by atoms with Crippen molar-refractivity contribution in [1.29, 1.82) is 0 Å². The Labute approximate surface area is 184 Å². The van der Waals surface area contributed by atoms with Crippen LogP contribution < -0.4 is 20.2 Å². The van der Waals surface area contributed by atoms with Gasteiger partial charge in [-0.15, -0.1) is 0 Å². The molecule has 0 atom stereocenters. The molecule has 1 aliphatic heterocycles. The second-order valence-electron chi connectivity index (χ2n) is 6.92. The Hall–Kier alpha value is -3.95. The van der Waals surface area contributed by atoms with Crippen molar-refractivity contribution >= 4 is 29.6 Å². The Kier molecular flexibility index (Phi) is 7.74. The van der Waals surface area contributed by atoms with Crippen molar-refractivity contribution in [3.63, 3.8) is 0 Å². The predicted molar refractivity (Wildman–Crippen MR) is 115 cm³/mol. The molecule has 3 rings (SSSR count). The summed E-state index contributed by atoms with van der Waals surface area (Å²) in [5.41, 5.74) is 2.51. The van der Waals surface area contributed by atoms with Crippen LogP contribution in [0.15, 0.2) is 47.6 Å². The molecule has 2 N–H and O–H groups in total. The topological polar surface area (TPSA) is 109 Å². The summed E-state index contributed by atoms with van der Waals surface area (Å²) in [4.78, 5) is 37.6. The van der Waals surface area contributed by atoms with E-state index >= 15 is 0 Å². The summed E-state index contributed by atoms with van der Waals surface area (Å²) < 4.78 is 24.4. The quantitative estimate of drug-likeness (QED) is 0.387. The first-order valence-corrected chi connectivity index (χ1v) is 9.95. The number of para-hydroxylation sites is 1. The number of anilines is 1. The van der Waals surface area contributed by atoms with Gasteiger partial charge in [-0.2, -0.15) is 5.10 Å². The van der Waals surface area contributed by atoms with Gasteiger partial charge >= 0.3 is 11.8 Å². The Morgan fingerprint density at radius 3 is 2.56 bits per heavy atom. The van der Waals surface area contributed by atoms with Gasteiger partial charge in [0.1, 0.15) is 5.82 Å². The van der Waals surface area contributed by atoms with Gasteiger partial charge in [-0.1, -0.05) is 12.1 Å². The third kappa shape index (κ3) is 6.03. The second-order valence-corrected chi connectivity index (χ2v) is 6.92. The zero-order valence-electron chi connectivity index (χ0n) is 17.5. The lowest BCUT2D eigenvalue weighted by Gasteiger charge is -2.16. The summed E-state index contributed by atoms with van der Waals surface area (Å²) in [5.74, 6) is -2.08. The number of rotatable bonds is 7. The molecular formula is C22H23FN4O5. The van der Waals surface area contributed by atoms with Gasteiger partial charge in [0.2, 0.25) is 0 Å². The molecular weight excluding hydrogens is 419 g/mol. The molecule has 0 radical (unpaired) electrons. The third-order valence-electron chi connectivity index (χ3n) is 4.71. The van der Waals surface area contributed by atoms with Crippen LogP contribution in [-0.2, 0) is 14.4 Å². The summed E-state index contributed by atoms with van der Waals surface area (Å²) >= 11 is 0. The number of methoxy groups -OCH3 is 1. The van der Waals surface area contributed by atoms with Gasteiger partial charge in [0.05, 0.1) is 19.0 Å². The molecule has 1 fully saturated rings. The Morgan fingerprint density at radius 1 is 1.09 bits per heavy atom. The number of nitrogens with one attached hydrogen (secondary N) is 2. The summed E-state index contributed by atoms with van der Waals surface area (Å²) in [5, 5.41) is 5.88. The minimum atomic E-state index is -1.06. The molecule has 10 heteroatoms. The molecule has 0 bridgehead atoms. The second kappa shape index (κ2) is 10.9. The van der Waals surface area contributed by atoms with E-state index in [1.54, 1.807) is 23.1 Å². The zero-order chi connectivity index (χ0) is 22.9. The van der Waals surface area contributed by atoms with Gasteiger partial charge in [-0.3, -0.25) is 14.4 Å². The van der Waals surface area contributed by atoms with E-state index in [-0.39, 0.29) is 18.2 Å². The number of amides is 3. The van der Waals surface area contributed by atoms with Crippen LogP contribution in [0.5, 0.6) is 11.5 Å². The highest BCUT2D eigenvalue weighted by Gasteiger charge is 2.19. The van der Waals surface area contributed by atoms with Gasteiger partial charge in [-0.25, -0.2) is 9.82 Å². The Bertz CT molecular complexity index is 1020. The lowest BCUT2D eigenvalue weighted by molar-refractivity contribution is -0.136. The van der Waals surface area contributed by atoms with Crippen molar-refractivity contribution in [1.82, 2.24) is 10.3 Å². The lowest BCUT2D eigenvalue weighted by Crippen LogP contribution is -2.32. The van der Waals surface area contributed by atoms with E-state index in [0.717, 1.165) is 32.0 Å². The molecule has 1 aliphatic rings. The van der Waals surface area contributed by atoms with Crippen LogP contribution in [0.25, 0.3) is 0 Å². The molecule has 0 aliphatic carbocycles. The zero-order valence-corrected chi connectivity index (χ0v) is 17.5. The minimum Gasteiger partial charge on any atom is -0.493 e. The molecule has 2 aromatic rings. The number of halogens is 1. The van der Waals surface area contributed by atoms with Crippen LogP contribution in [-0.4, -0.2) is 55.6 Å². The number of nitrogens with zero attached hydrogens (tertiary/aromatic N) is 2. The summed E-state index contributed by atoms with van der Waals surface area (Å²) in [6.45, 7) is 1.41. The Balaban J connectivity index is 1.53. The normalized spacial score (nSPS) is 13.1. The lowest BCUT2D eigenvalue weighted by atomic mass is 10.2. The summed E-state index contributed by atoms with van der Waals surface area (Å²) in [6.07, 6.45) is 3.31. The van der Waals surface area contributed by atoms with Gasteiger partial charge in [-0.05, 0) is 48.7 Å². The van der Waals surface area contributed by atoms with Gasteiger partial charge in [0.15, 0.2) is 18.1 Å². The first kappa shape index (κ1) is 22.7. The standard InChI is InChI=1S/C22H23FN4O5/c1-31-19-12-15(8-9-18(19)32-14-20(28)27-10-4-5-11-27)13-24-26-22(30)21(29)25-17-7-3-2-6-16(17)23/h2-3,6-9,12-13H,4-5,10-11,14H2,1H3,(H,25,29)(H,26,30)/b24-13-. The molecule has 0 spiro atoms. The van der Waals surface area contributed by atoms with Crippen LogP contribution in [0, 0.1) is 5.82 Å². The maximum absolute atomic E-state index is 13.5. The van der Waals surface area contributed by atoms with Crippen LogP contribution in [0.2, 0.25) is 0 Å². The van der Waals surface area contributed by atoms with E-state index < -0.39 is 17.6 Å². The number of carbonyl (C=O) groups is 3. The van der Waals surface area contributed by atoms with E-state index in [9.17, 15) is 18.8 Å². The van der Waals surface area contributed by atoms with E-state index in [0.29, 0.717) is 17.1 Å². The number of carbonyl (C=O) groups excluding carboxylic acids is 3. The highest BCUT2D eigenvalue weighted by Crippen LogP contribution is 2.27. The van der Waals surface area contributed by atoms with Crippen molar-refractivity contribution in [2.75, 3.05) is 32.1 Å². The van der Waals surface area contributed by atoms with E-state index in [4.69, 9.17) is 9.47 Å². The van der Waals surface area contributed by atoms with Crippen molar-refractivity contribution in [2.45, 2.75) is 12.8 Å². The predicted octanol–water partition coefficient (Wildman–Crippen LogP) is 1.92. The van der Waals surface area contributed by atoms with E-state index in [1.807, 2.05) is 0 Å². The fourth-order valence-corrected chi connectivity index (χ4v) is 3.04. The van der Waals surface area contributed by atoms with E-state index in [2.05, 4.69) is 15.8 Å². The summed E-state index contributed by atoms with van der Waals surface area (Å²) in [7, 11) is 1.46. The Morgan fingerprint density at radius 2 is 1.84 bits per heavy atom.